The zero-order valence-corrected chi connectivity index (χ0v) is 17.9. The molecule has 0 saturated carbocycles. The molecule has 1 atom stereocenters. The number of ether oxygens (including phenoxy) is 1. The Morgan fingerprint density at radius 1 is 1.31 bits per heavy atom. The third kappa shape index (κ3) is 4.48. The number of benzene rings is 1. The van der Waals surface area contributed by atoms with E-state index in [-0.39, 0.29) is 28.8 Å². The summed E-state index contributed by atoms with van der Waals surface area (Å²) in [6.07, 6.45) is -2.64. The molecule has 0 bridgehead atoms. The second kappa shape index (κ2) is 8.90. The van der Waals surface area contributed by atoms with E-state index in [1.807, 2.05) is 6.92 Å². The van der Waals surface area contributed by atoms with E-state index in [1.54, 1.807) is 11.8 Å². The summed E-state index contributed by atoms with van der Waals surface area (Å²) >= 11 is 0. The number of fused-ring (bicyclic) bond motifs is 1. The standard InChI is InChI=1S/C23H24F3N3O3/c1-3-31-13-15-6-5-9-29(12-15)22(30)18-11-19(27-21-20(18)14(2)28-32-21)16-7-4-8-17(10-16)23(24,25)26/h4,7-8,10-11,15H,3,5-6,9,12-13H2,1-2H3. The summed E-state index contributed by atoms with van der Waals surface area (Å²) in [6.45, 7) is 6.02. The van der Waals surface area contributed by atoms with Crippen molar-refractivity contribution in [3.05, 3.63) is 47.2 Å². The minimum absolute atomic E-state index is 0.128. The van der Waals surface area contributed by atoms with Crippen molar-refractivity contribution in [2.75, 3.05) is 26.3 Å². The van der Waals surface area contributed by atoms with E-state index in [0.717, 1.165) is 25.0 Å². The number of hydrogen-bond donors (Lipinski definition) is 0. The minimum atomic E-state index is -4.48. The van der Waals surface area contributed by atoms with Crippen molar-refractivity contribution in [1.82, 2.24) is 15.0 Å². The van der Waals surface area contributed by atoms with Gasteiger partial charge >= 0.3 is 6.18 Å². The van der Waals surface area contributed by atoms with Crippen molar-refractivity contribution in [2.24, 2.45) is 5.92 Å². The first kappa shape index (κ1) is 22.3. The van der Waals surface area contributed by atoms with Crippen LogP contribution in [-0.4, -0.2) is 47.3 Å². The molecule has 1 unspecified atom stereocenters. The lowest BCUT2D eigenvalue weighted by Gasteiger charge is -2.32. The second-order valence-corrected chi connectivity index (χ2v) is 8.00. The van der Waals surface area contributed by atoms with Gasteiger partial charge in [0, 0.05) is 25.3 Å². The van der Waals surface area contributed by atoms with Gasteiger partial charge in [-0.3, -0.25) is 4.79 Å². The summed E-state index contributed by atoms with van der Waals surface area (Å²) in [7, 11) is 0. The first-order valence-electron chi connectivity index (χ1n) is 10.6. The molecule has 1 amide bonds. The van der Waals surface area contributed by atoms with Gasteiger partial charge in [-0.05, 0) is 50.8 Å². The molecule has 3 heterocycles. The zero-order valence-electron chi connectivity index (χ0n) is 17.9. The van der Waals surface area contributed by atoms with Gasteiger partial charge in [0.15, 0.2) is 0 Å². The lowest BCUT2D eigenvalue weighted by Crippen LogP contribution is -2.41. The molecule has 0 spiro atoms. The van der Waals surface area contributed by atoms with Crippen LogP contribution in [-0.2, 0) is 10.9 Å². The van der Waals surface area contributed by atoms with Gasteiger partial charge in [0.25, 0.3) is 11.6 Å². The highest BCUT2D eigenvalue weighted by molar-refractivity contribution is 6.07. The summed E-state index contributed by atoms with van der Waals surface area (Å²) in [5.41, 5.74) is 0.660. The fourth-order valence-electron chi connectivity index (χ4n) is 4.11. The normalized spacial score (nSPS) is 17.2. The Hall–Kier alpha value is -2.94. The SMILES string of the molecule is CCOCC1CCCN(C(=O)c2cc(-c3cccc(C(F)(F)F)c3)nc3onc(C)c23)C1. The van der Waals surface area contributed by atoms with E-state index >= 15 is 0 Å². The van der Waals surface area contributed by atoms with Crippen molar-refractivity contribution < 1.29 is 27.2 Å². The fourth-order valence-corrected chi connectivity index (χ4v) is 4.11. The fraction of sp³-hybridized carbons (Fsp3) is 0.435. The van der Waals surface area contributed by atoms with Crippen molar-refractivity contribution in [3.63, 3.8) is 0 Å². The van der Waals surface area contributed by atoms with Crippen molar-refractivity contribution >= 4 is 17.0 Å². The molecule has 1 fully saturated rings. The average Bonchev–Trinajstić information content (AvgIpc) is 3.17. The van der Waals surface area contributed by atoms with Gasteiger partial charge < -0.3 is 14.2 Å². The van der Waals surface area contributed by atoms with Gasteiger partial charge in [-0.2, -0.15) is 13.2 Å². The zero-order chi connectivity index (χ0) is 22.9. The van der Waals surface area contributed by atoms with Gasteiger partial charge in [-0.1, -0.05) is 17.3 Å². The number of aryl methyl sites for hydroxylation is 1. The summed E-state index contributed by atoms with van der Waals surface area (Å²) in [6, 6.07) is 6.40. The van der Waals surface area contributed by atoms with Crippen molar-refractivity contribution in [2.45, 2.75) is 32.9 Å². The number of piperidine rings is 1. The first-order valence-corrected chi connectivity index (χ1v) is 10.6. The van der Waals surface area contributed by atoms with E-state index in [9.17, 15) is 18.0 Å². The van der Waals surface area contributed by atoms with E-state index in [4.69, 9.17) is 9.26 Å². The predicted molar refractivity (Wildman–Crippen MR) is 112 cm³/mol. The number of rotatable bonds is 5. The second-order valence-electron chi connectivity index (χ2n) is 8.00. The smallest absolute Gasteiger partial charge is 0.381 e. The van der Waals surface area contributed by atoms with E-state index in [0.29, 0.717) is 42.9 Å². The molecule has 32 heavy (non-hydrogen) atoms. The Balaban J connectivity index is 1.73. The minimum Gasteiger partial charge on any atom is -0.381 e. The predicted octanol–water partition coefficient (Wildman–Crippen LogP) is 5.11. The lowest BCUT2D eigenvalue weighted by molar-refractivity contribution is -0.137. The number of hydrogen-bond acceptors (Lipinski definition) is 5. The van der Waals surface area contributed by atoms with Crippen LogP contribution < -0.4 is 0 Å². The van der Waals surface area contributed by atoms with Crippen LogP contribution in [0.5, 0.6) is 0 Å². The molecule has 4 rings (SSSR count). The first-order chi connectivity index (χ1) is 15.3. The molecule has 1 aromatic carbocycles. The van der Waals surface area contributed by atoms with Crippen LogP contribution in [0.4, 0.5) is 13.2 Å². The average molecular weight is 447 g/mol. The maximum Gasteiger partial charge on any atom is 0.416 e. The van der Waals surface area contributed by atoms with Crippen molar-refractivity contribution in [1.29, 1.82) is 0 Å². The summed E-state index contributed by atoms with van der Waals surface area (Å²) in [4.78, 5) is 19.6. The summed E-state index contributed by atoms with van der Waals surface area (Å²) < 4.78 is 50.4. The molecule has 0 N–H and O–H groups in total. The number of carbonyl (C=O) groups is 1. The van der Waals surface area contributed by atoms with Gasteiger partial charge in [0.2, 0.25) is 0 Å². The van der Waals surface area contributed by atoms with Crippen LogP contribution >= 0.6 is 0 Å². The van der Waals surface area contributed by atoms with Crippen molar-refractivity contribution in [3.8, 4) is 11.3 Å². The highest BCUT2D eigenvalue weighted by atomic mass is 19.4. The monoisotopic (exact) mass is 447 g/mol. The Kier molecular flexibility index (Phi) is 6.19. The van der Waals surface area contributed by atoms with Gasteiger partial charge in [0.05, 0.1) is 34.5 Å². The van der Waals surface area contributed by atoms with E-state index in [2.05, 4.69) is 10.1 Å². The number of pyridine rings is 1. The third-order valence-electron chi connectivity index (χ3n) is 5.70. The Morgan fingerprint density at radius 2 is 2.12 bits per heavy atom. The van der Waals surface area contributed by atoms with Gasteiger partial charge in [-0.25, -0.2) is 4.98 Å². The topological polar surface area (TPSA) is 68.5 Å². The van der Waals surface area contributed by atoms with Gasteiger partial charge in [-0.15, -0.1) is 0 Å². The number of halogens is 3. The molecule has 170 valence electrons. The summed E-state index contributed by atoms with van der Waals surface area (Å²) in [5, 5.41) is 4.41. The molecule has 0 aliphatic carbocycles. The van der Waals surface area contributed by atoms with Crippen LogP contribution in [0, 0.1) is 12.8 Å². The molecule has 1 saturated heterocycles. The molecule has 1 aliphatic heterocycles. The maximum atomic E-state index is 13.5. The highest BCUT2D eigenvalue weighted by Gasteiger charge is 2.31. The lowest BCUT2D eigenvalue weighted by atomic mass is 9.97. The Labute approximate surface area is 183 Å². The third-order valence-corrected chi connectivity index (χ3v) is 5.70. The molecular weight excluding hydrogens is 423 g/mol. The molecular formula is C23H24F3N3O3. The summed E-state index contributed by atoms with van der Waals surface area (Å²) in [5.74, 6) is 0.0367. The maximum absolute atomic E-state index is 13.5. The molecule has 1 aliphatic rings. The Bertz CT molecular complexity index is 1130. The quantitative estimate of drug-likeness (QED) is 0.544. The molecule has 9 heteroatoms. The Morgan fingerprint density at radius 3 is 2.88 bits per heavy atom. The van der Waals surface area contributed by atoms with Crippen LogP contribution in [0.2, 0.25) is 0 Å². The largest absolute Gasteiger partial charge is 0.416 e. The number of nitrogens with zero attached hydrogens (tertiary/aromatic N) is 3. The van der Waals surface area contributed by atoms with E-state index in [1.165, 1.54) is 18.2 Å². The van der Waals surface area contributed by atoms with Crippen LogP contribution in [0.15, 0.2) is 34.9 Å². The van der Waals surface area contributed by atoms with Gasteiger partial charge in [0.1, 0.15) is 0 Å². The van der Waals surface area contributed by atoms with E-state index < -0.39 is 11.7 Å². The number of amides is 1. The highest BCUT2D eigenvalue weighted by Crippen LogP contribution is 2.34. The van der Waals surface area contributed by atoms with Crippen LogP contribution in [0.1, 0.15) is 41.4 Å². The molecule has 3 aromatic rings. The number of carbonyl (C=O) groups excluding carboxylic acids is 1. The number of aromatic nitrogens is 2. The molecule has 0 radical (unpaired) electrons. The van der Waals surface area contributed by atoms with Crippen LogP contribution in [0.3, 0.4) is 0 Å². The molecule has 2 aromatic heterocycles. The number of likely N-dealkylation sites (tertiary alicyclic amines) is 1. The molecule has 6 nitrogen and oxygen atoms in total. The number of alkyl halides is 3. The van der Waals surface area contributed by atoms with Crippen LogP contribution in [0.25, 0.3) is 22.4 Å².